The third-order valence-corrected chi connectivity index (χ3v) is 5.47. The molecule has 0 saturated carbocycles. The number of benzene rings is 1. The molecule has 0 aliphatic carbocycles. The number of esters is 2. The van der Waals surface area contributed by atoms with Gasteiger partial charge < -0.3 is 19.1 Å². The van der Waals surface area contributed by atoms with E-state index in [-0.39, 0.29) is 48.0 Å². The summed E-state index contributed by atoms with van der Waals surface area (Å²) in [5.74, 6) is -2.99. The number of amides is 1. The Hall–Kier alpha value is -3.04. The second-order valence-corrected chi connectivity index (χ2v) is 8.01. The van der Waals surface area contributed by atoms with Crippen LogP contribution in [0, 0.1) is 6.92 Å². The number of rotatable bonds is 8. The molecule has 1 aromatic rings. The lowest BCUT2D eigenvalue weighted by Gasteiger charge is -2.32. The molecule has 1 aliphatic rings. The van der Waals surface area contributed by atoms with Gasteiger partial charge in [0.25, 0.3) is 0 Å². The minimum Gasteiger partial charge on any atom is -0.496 e. The molecule has 1 aliphatic heterocycles. The normalized spacial score (nSPS) is 13.6. The van der Waals surface area contributed by atoms with Gasteiger partial charge in [-0.05, 0) is 46.1 Å². The van der Waals surface area contributed by atoms with E-state index in [1.807, 2.05) is 0 Å². The van der Waals surface area contributed by atoms with Gasteiger partial charge >= 0.3 is 24.0 Å². The third kappa shape index (κ3) is 5.48. The van der Waals surface area contributed by atoms with E-state index < -0.39 is 24.1 Å². The Morgan fingerprint density at radius 2 is 1.85 bits per heavy atom. The summed E-state index contributed by atoms with van der Waals surface area (Å²) in [6, 6.07) is -0.910. The van der Waals surface area contributed by atoms with Gasteiger partial charge in [0.2, 0.25) is 0 Å². The average Bonchev–Trinajstić information content (AvgIpc) is 3.13. The largest absolute Gasteiger partial charge is 0.496 e. The summed E-state index contributed by atoms with van der Waals surface area (Å²) in [7, 11) is 2.65. The van der Waals surface area contributed by atoms with Crippen LogP contribution in [0.25, 0.3) is 0 Å². The number of anilines is 1. The minimum absolute atomic E-state index is 0.0600. The summed E-state index contributed by atoms with van der Waals surface area (Å²) in [4.78, 5) is 37.0. The minimum atomic E-state index is -5.15. The van der Waals surface area contributed by atoms with Crippen LogP contribution in [-0.2, 0) is 32.1 Å². The Balaban J connectivity index is 2.73. The summed E-state index contributed by atoms with van der Waals surface area (Å²) in [5.41, 5.74) is 1.77. The van der Waals surface area contributed by atoms with Crippen LogP contribution in [0.3, 0.4) is 0 Å². The summed E-state index contributed by atoms with van der Waals surface area (Å²) in [6.45, 7) is 6.20. The molecular formula is C23H28F3NO6. The predicted octanol–water partition coefficient (Wildman–Crippen LogP) is 4.42. The number of allylic oxidation sites excluding steroid dienone is 2. The van der Waals surface area contributed by atoms with Gasteiger partial charge in [-0.2, -0.15) is 13.2 Å². The number of cyclic esters (lactones) is 1. The van der Waals surface area contributed by atoms with Crippen molar-refractivity contribution < 1.29 is 41.8 Å². The first-order valence-corrected chi connectivity index (χ1v) is 10.4. The van der Waals surface area contributed by atoms with Crippen molar-refractivity contribution in [3.63, 3.8) is 0 Å². The van der Waals surface area contributed by atoms with Crippen molar-refractivity contribution in [3.8, 4) is 5.75 Å². The maximum absolute atomic E-state index is 13.5. The van der Waals surface area contributed by atoms with Crippen molar-refractivity contribution in [2.45, 2.75) is 65.8 Å². The van der Waals surface area contributed by atoms with Crippen molar-refractivity contribution in [2.75, 3.05) is 19.1 Å². The van der Waals surface area contributed by atoms with Gasteiger partial charge in [-0.15, -0.1) is 0 Å². The lowest BCUT2D eigenvalue weighted by Crippen LogP contribution is -2.46. The molecule has 0 radical (unpaired) electrons. The molecule has 1 heterocycles. The van der Waals surface area contributed by atoms with Gasteiger partial charge in [0.15, 0.2) is 0 Å². The molecule has 0 spiro atoms. The van der Waals surface area contributed by atoms with Gasteiger partial charge in [-0.1, -0.05) is 11.6 Å². The Morgan fingerprint density at radius 3 is 2.36 bits per heavy atom. The Labute approximate surface area is 190 Å². The molecule has 10 heteroatoms. The van der Waals surface area contributed by atoms with Crippen molar-refractivity contribution in [1.29, 1.82) is 0 Å². The zero-order valence-corrected chi connectivity index (χ0v) is 19.5. The number of ether oxygens (including phenoxy) is 3. The fraction of sp³-hybridized carbons (Fsp3) is 0.522. The first-order chi connectivity index (χ1) is 15.3. The Kier molecular flexibility index (Phi) is 8.16. The molecule has 7 nitrogen and oxygen atoms in total. The topological polar surface area (TPSA) is 82.1 Å². The monoisotopic (exact) mass is 471 g/mol. The second kappa shape index (κ2) is 10.3. The molecule has 0 aromatic heterocycles. The molecule has 0 bridgehead atoms. The molecular weight excluding hydrogens is 443 g/mol. The quantitative estimate of drug-likeness (QED) is 0.412. The molecule has 0 fully saturated rings. The number of alkyl halides is 3. The summed E-state index contributed by atoms with van der Waals surface area (Å²) >= 11 is 0. The standard InChI is InChI=1S/C23H28F3NO6/c1-12(2)27(22(30)23(24,25)26)19-15(9-7-13(3)8-10-17(28)31-5)20(32-6)14(4)16-11-33-21(29)18(16)19/h7,12H,8-11H2,1-6H3. The number of carbonyl (C=O) groups is 3. The van der Waals surface area contributed by atoms with Gasteiger partial charge in [-0.25, -0.2) is 4.79 Å². The van der Waals surface area contributed by atoms with Gasteiger partial charge in [0, 0.05) is 23.6 Å². The van der Waals surface area contributed by atoms with Crippen molar-refractivity contribution in [3.05, 3.63) is 33.9 Å². The fourth-order valence-electron chi connectivity index (χ4n) is 3.80. The summed E-state index contributed by atoms with van der Waals surface area (Å²) < 4.78 is 55.8. The first-order valence-electron chi connectivity index (χ1n) is 10.4. The molecule has 1 aromatic carbocycles. The number of hydrogen-bond donors (Lipinski definition) is 0. The van der Waals surface area contributed by atoms with Crippen molar-refractivity contribution >= 4 is 23.5 Å². The molecule has 0 atom stereocenters. The van der Waals surface area contributed by atoms with E-state index in [1.165, 1.54) is 28.1 Å². The zero-order valence-electron chi connectivity index (χ0n) is 19.5. The number of methoxy groups -OCH3 is 2. The second-order valence-electron chi connectivity index (χ2n) is 8.01. The molecule has 33 heavy (non-hydrogen) atoms. The van der Waals surface area contributed by atoms with E-state index in [0.29, 0.717) is 22.4 Å². The highest BCUT2D eigenvalue weighted by atomic mass is 19.4. The van der Waals surface area contributed by atoms with E-state index in [4.69, 9.17) is 9.47 Å². The maximum atomic E-state index is 13.5. The maximum Gasteiger partial charge on any atom is 0.471 e. The van der Waals surface area contributed by atoms with Gasteiger partial charge in [0.05, 0.1) is 25.5 Å². The van der Waals surface area contributed by atoms with E-state index in [1.54, 1.807) is 19.9 Å². The van der Waals surface area contributed by atoms with E-state index in [9.17, 15) is 27.6 Å². The van der Waals surface area contributed by atoms with Crippen molar-refractivity contribution in [2.24, 2.45) is 0 Å². The third-order valence-electron chi connectivity index (χ3n) is 5.47. The van der Waals surface area contributed by atoms with Crippen LogP contribution in [0.5, 0.6) is 5.75 Å². The number of fused-ring (bicyclic) bond motifs is 1. The van der Waals surface area contributed by atoms with E-state index in [0.717, 1.165) is 5.57 Å². The van der Waals surface area contributed by atoms with Crippen molar-refractivity contribution in [1.82, 2.24) is 0 Å². The molecule has 182 valence electrons. The van der Waals surface area contributed by atoms with E-state index >= 15 is 0 Å². The molecule has 1 amide bonds. The van der Waals surface area contributed by atoms with Crippen LogP contribution in [0.4, 0.5) is 18.9 Å². The molecule has 0 N–H and O–H groups in total. The molecule has 2 rings (SSSR count). The highest BCUT2D eigenvalue weighted by Gasteiger charge is 2.47. The van der Waals surface area contributed by atoms with Crippen LogP contribution in [0.2, 0.25) is 0 Å². The highest BCUT2D eigenvalue weighted by Crippen LogP contribution is 2.44. The zero-order chi connectivity index (χ0) is 25.1. The Morgan fingerprint density at radius 1 is 1.21 bits per heavy atom. The van der Waals surface area contributed by atoms with Crippen LogP contribution in [-0.4, -0.2) is 44.3 Å². The SMILES string of the molecule is COC(=O)CCC(C)=CCc1c(OC)c(C)c2c(c1N(C(=O)C(F)(F)F)C(C)C)C(=O)OC2. The number of halogens is 3. The summed E-state index contributed by atoms with van der Waals surface area (Å²) in [5, 5.41) is 0. The van der Waals surface area contributed by atoms with E-state index in [2.05, 4.69) is 4.74 Å². The number of nitrogens with zero attached hydrogens (tertiary/aromatic N) is 1. The summed E-state index contributed by atoms with van der Waals surface area (Å²) in [6.07, 6.45) is -2.83. The smallest absolute Gasteiger partial charge is 0.471 e. The fourth-order valence-corrected chi connectivity index (χ4v) is 3.80. The number of carbonyl (C=O) groups excluding carboxylic acids is 3. The molecule has 0 saturated heterocycles. The van der Waals surface area contributed by atoms with Gasteiger partial charge in [0.1, 0.15) is 12.4 Å². The van der Waals surface area contributed by atoms with Gasteiger partial charge in [-0.3, -0.25) is 9.59 Å². The predicted molar refractivity (Wildman–Crippen MR) is 114 cm³/mol. The van der Waals surface area contributed by atoms with Crippen LogP contribution >= 0.6 is 0 Å². The average molecular weight is 471 g/mol. The number of hydrogen-bond acceptors (Lipinski definition) is 6. The molecule has 0 unspecified atom stereocenters. The van der Waals surface area contributed by atoms with Crippen LogP contribution in [0.1, 0.15) is 60.7 Å². The lowest BCUT2D eigenvalue weighted by molar-refractivity contribution is -0.170. The lowest BCUT2D eigenvalue weighted by atomic mass is 9.92. The Bertz CT molecular complexity index is 982. The highest BCUT2D eigenvalue weighted by molar-refractivity contribution is 6.08. The van der Waals surface area contributed by atoms with Crippen LogP contribution in [0.15, 0.2) is 11.6 Å². The first kappa shape index (κ1) is 26.2. The van der Waals surface area contributed by atoms with Crippen LogP contribution < -0.4 is 9.64 Å².